The number of hydrogen-bond acceptors (Lipinski definition) is 3. The van der Waals surface area contributed by atoms with Gasteiger partial charge >= 0.3 is 6.09 Å². The Morgan fingerprint density at radius 2 is 2.19 bits per heavy atom. The number of amides is 1. The van der Waals surface area contributed by atoms with E-state index in [4.69, 9.17) is 9.47 Å². The Bertz CT molecular complexity index is 272. The van der Waals surface area contributed by atoms with Crippen molar-refractivity contribution in [1.29, 1.82) is 0 Å². The number of fused-ring (bicyclic) bond motifs is 1. The van der Waals surface area contributed by atoms with Crippen LogP contribution >= 0.6 is 0 Å². The van der Waals surface area contributed by atoms with Gasteiger partial charge in [0.25, 0.3) is 0 Å². The molecule has 0 aromatic rings. The minimum absolute atomic E-state index is 0.321. The van der Waals surface area contributed by atoms with Gasteiger partial charge in [-0.15, -0.1) is 0 Å². The van der Waals surface area contributed by atoms with Crippen molar-refractivity contribution in [3.63, 3.8) is 0 Å². The van der Waals surface area contributed by atoms with E-state index < -0.39 is 5.60 Å². The summed E-state index contributed by atoms with van der Waals surface area (Å²) in [6.07, 6.45) is 4.14. The highest BCUT2D eigenvalue weighted by Gasteiger charge is 2.49. The smallest absolute Gasteiger partial charge is 0.407 e. The molecule has 1 N–H and O–H groups in total. The van der Waals surface area contributed by atoms with Gasteiger partial charge in [0.15, 0.2) is 0 Å². The minimum Gasteiger partial charge on any atom is -0.444 e. The van der Waals surface area contributed by atoms with Crippen molar-refractivity contribution in [2.24, 2.45) is 5.92 Å². The molecule has 2 aliphatic rings. The highest BCUT2D eigenvalue weighted by Crippen LogP contribution is 2.44. The van der Waals surface area contributed by atoms with Crippen molar-refractivity contribution >= 4 is 6.09 Å². The molecular weight excluding hydrogens is 206 g/mol. The van der Waals surface area contributed by atoms with Crippen LogP contribution in [0.15, 0.2) is 0 Å². The summed E-state index contributed by atoms with van der Waals surface area (Å²) in [5.41, 5.74) is -0.415. The van der Waals surface area contributed by atoms with Gasteiger partial charge in [-0.05, 0) is 46.0 Å². The van der Waals surface area contributed by atoms with Crippen LogP contribution in [0.1, 0.15) is 40.0 Å². The molecule has 4 heteroatoms. The predicted octanol–water partition coefficient (Wildman–Crippen LogP) is 2.08. The molecule has 1 aliphatic heterocycles. The van der Waals surface area contributed by atoms with Crippen LogP contribution in [0.25, 0.3) is 0 Å². The zero-order valence-electron chi connectivity index (χ0n) is 10.3. The molecule has 2 fully saturated rings. The number of carbonyl (C=O) groups excluding carboxylic acids is 1. The molecule has 2 rings (SSSR count). The molecule has 0 aromatic carbocycles. The third kappa shape index (κ3) is 3.11. The first-order valence-corrected chi connectivity index (χ1v) is 6.08. The first kappa shape index (κ1) is 11.7. The molecule has 1 amide bonds. The molecule has 0 radical (unpaired) electrons. The third-order valence-corrected chi connectivity index (χ3v) is 3.09. The van der Waals surface area contributed by atoms with Crippen LogP contribution in [0, 0.1) is 5.92 Å². The highest BCUT2D eigenvalue weighted by molar-refractivity contribution is 5.67. The lowest BCUT2D eigenvalue weighted by Crippen LogP contribution is -2.33. The second-order valence-electron chi connectivity index (χ2n) is 5.69. The summed E-state index contributed by atoms with van der Waals surface area (Å²) >= 11 is 0. The Labute approximate surface area is 96.7 Å². The molecule has 1 saturated heterocycles. The van der Waals surface area contributed by atoms with Crippen molar-refractivity contribution in [2.75, 3.05) is 6.54 Å². The van der Waals surface area contributed by atoms with Crippen LogP contribution in [-0.4, -0.2) is 30.4 Å². The maximum atomic E-state index is 11.4. The maximum Gasteiger partial charge on any atom is 0.407 e. The van der Waals surface area contributed by atoms with Crippen molar-refractivity contribution in [2.45, 2.75) is 57.8 Å². The van der Waals surface area contributed by atoms with E-state index in [0.29, 0.717) is 24.7 Å². The second-order valence-corrected chi connectivity index (χ2v) is 5.69. The van der Waals surface area contributed by atoms with E-state index in [-0.39, 0.29) is 6.09 Å². The molecule has 3 unspecified atom stereocenters. The standard InChI is InChI=1S/C12H21NO3/c1-12(2,3)16-11(14)13-7-6-8-4-5-9-10(8)15-9/h8-10H,4-7H2,1-3H3,(H,13,14). The Kier molecular flexibility index (Phi) is 3.10. The zero-order chi connectivity index (χ0) is 11.8. The van der Waals surface area contributed by atoms with E-state index in [0.717, 1.165) is 6.42 Å². The number of nitrogens with one attached hydrogen (secondary N) is 1. The molecule has 1 aliphatic carbocycles. The summed E-state index contributed by atoms with van der Waals surface area (Å²) in [4.78, 5) is 11.4. The molecule has 16 heavy (non-hydrogen) atoms. The lowest BCUT2D eigenvalue weighted by molar-refractivity contribution is 0.0523. The molecule has 92 valence electrons. The molecule has 1 heterocycles. The van der Waals surface area contributed by atoms with E-state index in [1.807, 2.05) is 20.8 Å². The van der Waals surface area contributed by atoms with Gasteiger partial charge in [-0.3, -0.25) is 0 Å². The van der Waals surface area contributed by atoms with Gasteiger partial charge in [0.2, 0.25) is 0 Å². The highest BCUT2D eigenvalue weighted by atomic mass is 16.6. The number of epoxide rings is 1. The van der Waals surface area contributed by atoms with Crippen molar-refractivity contribution in [1.82, 2.24) is 5.32 Å². The van der Waals surface area contributed by atoms with E-state index in [9.17, 15) is 4.79 Å². The number of alkyl carbamates (subject to hydrolysis) is 1. The van der Waals surface area contributed by atoms with E-state index in [1.54, 1.807) is 0 Å². The van der Waals surface area contributed by atoms with E-state index in [1.165, 1.54) is 12.8 Å². The Morgan fingerprint density at radius 3 is 2.69 bits per heavy atom. The van der Waals surface area contributed by atoms with Gasteiger partial charge in [0.05, 0.1) is 12.2 Å². The Balaban J connectivity index is 1.59. The van der Waals surface area contributed by atoms with Gasteiger partial charge in [-0.1, -0.05) is 0 Å². The van der Waals surface area contributed by atoms with Crippen LogP contribution in [0.2, 0.25) is 0 Å². The largest absolute Gasteiger partial charge is 0.444 e. The topological polar surface area (TPSA) is 50.9 Å². The van der Waals surface area contributed by atoms with Gasteiger partial charge in [-0.2, -0.15) is 0 Å². The Morgan fingerprint density at radius 1 is 1.44 bits per heavy atom. The van der Waals surface area contributed by atoms with Gasteiger partial charge in [0.1, 0.15) is 5.60 Å². The Hall–Kier alpha value is -0.770. The average Bonchev–Trinajstić information content (AvgIpc) is 2.80. The first-order chi connectivity index (χ1) is 7.46. The molecule has 0 bridgehead atoms. The van der Waals surface area contributed by atoms with Crippen LogP contribution < -0.4 is 5.32 Å². The van der Waals surface area contributed by atoms with E-state index in [2.05, 4.69) is 5.32 Å². The second kappa shape index (κ2) is 4.24. The van der Waals surface area contributed by atoms with Gasteiger partial charge in [-0.25, -0.2) is 4.79 Å². The van der Waals surface area contributed by atoms with Gasteiger partial charge in [0, 0.05) is 6.54 Å². The fraction of sp³-hybridized carbons (Fsp3) is 0.917. The normalized spacial score (nSPS) is 32.1. The molecule has 4 nitrogen and oxygen atoms in total. The summed E-state index contributed by atoms with van der Waals surface area (Å²) in [5.74, 6) is 0.639. The van der Waals surface area contributed by atoms with Crippen molar-refractivity contribution < 1.29 is 14.3 Å². The fourth-order valence-electron chi connectivity index (χ4n) is 2.33. The summed E-state index contributed by atoms with van der Waals surface area (Å²) in [6.45, 7) is 6.29. The van der Waals surface area contributed by atoms with Gasteiger partial charge < -0.3 is 14.8 Å². The number of hydrogen-bond donors (Lipinski definition) is 1. The molecule has 0 spiro atoms. The summed E-state index contributed by atoms with van der Waals surface area (Å²) < 4.78 is 10.6. The predicted molar refractivity (Wildman–Crippen MR) is 60.2 cm³/mol. The quantitative estimate of drug-likeness (QED) is 0.751. The summed E-state index contributed by atoms with van der Waals surface area (Å²) in [5, 5.41) is 2.79. The van der Waals surface area contributed by atoms with Crippen LogP contribution in [0.3, 0.4) is 0 Å². The maximum absolute atomic E-state index is 11.4. The molecule has 3 atom stereocenters. The fourth-order valence-corrected chi connectivity index (χ4v) is 2.33. The average molecular weight is 227 g/mol. The van der Waals surface area contributed by atoms with Crippen molar-refractivity contribution in [3.8, 4) is 0 Å². The molecule has 1 saturated carbocycles. The summed E-state index contributed by atoms with van der Waals surface area (Å²) in [7, 11) is 0. The number of ether oxygens (including phenoxy) is 2. The zero-order valence-corrected chi connectivity index (χ0v) is 10.3. The van der Waals surface area contributed by atoms with Crippen LogP contribution in [0.5, 0.6) is 0 Å². The number of carbonyl (C=O) groups is 1. The van der Waals surface area contributed by atoms with Crippen molar-refractivity contribution in [3.05, 3.63) is 0 Å². The van der Waals surface area contributed by atoms with Crippen LogP contribution in [0.4, 0.5) is 4.79 Å². The molecular formula is C12H21NO3. The SMILES string of the molecule is CC(C)(C)OC(=O)NCCC1CCC2OC12. The monoisotopic (exact) mass is 227 g/mol. The van der Waals surface area contributed by atoms with Crippen LogP contribution in [-0.2, 0) is 9.47 Å². The molecule has 0 aromatic heterocycles. The lowest BCUT2D eigenvalue weighted by Gasteiger charge is -2.20. The number of rotatable bonds is 3. The third-order valence-electron chi connectivity index (χ3n) is 3.09. The van der Waals surface area contributed by atoms with E-state index >= 15 is 0 Å². The lowest BCUT2D eigenvalue weighted by atomic mass is 10.0. The first-order valence-electron chi connectivity index (χ1n) is 6.08. The summed E-state index contributed by atoms with van der Waals surface area (Å²) in [6, 6.07) is 0. The minimum atomic E-state index is -0.415.